The summed E-state index contributed by atoms with van der Waals surface area (Å²) in [4.78, 5) is 0. The van der Waals surface area contributed by atoms with Crippen LogP contribution >= 0.6 is 0 Å². The molecule has 0 unspecified atom stereocenters. The van der Waals surface area contributed by atoms with Crippen molar-refractivity contribution in [2.45, 2.75) is 64.9 Å². The number of hydrogen-bond acceptors (Lipinski definition) is 2. The second-order valence-electron chi connectivity index (χ2n) is 10.1. The molecule has 9 heteroatoms. The van der Waals surface area contributed by atoms with Gasteiger partial charge in [0.15, 0.2) is 17.4 Å². The molecular formula is C33H31F7O2. The van der Waals surface area contributed by atoms with E-state index in [4.69, 9.17) is 4.74 Å². The number of aryl methyl sites for hydroxylation is 3. The Morgan fingerprint density at radius 1 is 0.667 bits per heavy atom. The van der Waals surface area contributed by atoms with Gasteiger partial charge in [0.05, 0.1) is 6.61 Å². The first-order chi connectivity index (χ1) is 20.2. The van der Waals surface area contributed by atoms with Gasteiger partial charge in [-0.05, 0) is 66.3 Å². The Balaban J connectivity index is 1.39. The predicted molar refractivity (Wildman–Crippen MR) is 148 cm³/mol. The fourth-order valence-electron chi connectivity index (χ4n) is 4.86. The highest BCUT2D eigenvalue weighted by Crippen LogP contribution is 2.28. The predicted octanol–water partition coefficient (Wildman–Crippen LogP) is 9.67. The highest BCUT2D eigenvalue weighted by atomic mass is 19.3. The molecule has 0 atom stereocenters. The van der Waals surface area contributed by atoms with Crippen LogP contribution in [0.15, 0.2) is 54.6 Å². The monoisotopic (exact) mass is 592 g/mol. The third-order valence-electron chi connectivity index (χ3n) is 7.09. The summed E-state index contributed by atoms with van der Waals surface area (Å²) in [6, 6.07) is 12.4. The van der Waals surface area contributed by atoms with E-state index >= 15 is 4.39 Å². The Morgan fingerprint density at radius 3 is 2.02 bits per heavy atom. The minimum absolute atomic E-state index is 0.0448. The minimum Gasteiger partial charge on any atom is -0.493 e. The van der Waals surface area contributed by atoms with Crippen LogP contribution in [-0.2, 0) is 25.7 Å². The van der Waals surface area contributed by atoms with Gasteiger partial charge in [-0.1, -0.05) is 56.5 Å². The lowest BCUT2D eigenvalue weighted by Crippen LogP contribution is -2.06. The van der Waals surface area contributed by atoms with Crippen LogP contribution in [0.3, 0.4) is 0 Å². The minimum atomic E-state index is -3.37. The van der Waals surface area contributed by atoms with Gasteiger partial charge in [-0.25, -0.2) is 22.0 Å². The number of benzene rings is 4. The number of rotatable bonds is 14. The van der Waals surface area contributed by atoms with Crippen molar-refractivity contribution < 1.29 is 40.2 Å². The summed E-state index contributed by atoms with van der Waals surface area (Å²) in [6.07, 6.45) is 4.58. The van der Waals surface area contributed by atoms with E-state index in [0.717, 1.165) is 43.4 Å². The number of hydrogen-bond donors (Lipinski definition) is 0. The van der Waals surface area contributed by atoms with Crippen LogP contribution in [0.1, 0.15) is 54.9 Å². The van der Waals surface area contributed by atoms with Gasteiger partial charge in [0.1, 0.15) is 23.2 Å². The molecular weight excluding hydrogens is 561 g/mol. The van der Waals surface area contributed by atoms with Crippen molar-refractivity contribution in [2.24, 2.45) is 0 Å². The first-order valence-corrected chi connectivity index (χ1v) is 13.9. The number of unbranched alkanes of at least 4 members (excludes halogenated alkanes) is 3. The number of fused-ring (bicyclic) bond motifs is 1. The molecule has 0 amide bonds. The topological polar surface area (TPSA) is 18.5 Å². The smallest absolute Gasteiger partial charge is 0.387 e. The molecule has 4 aromatic rings. The van der Waals surface area contributed by atoms with E-state index in [0.29, 0.717) is 29.4 Å². The standard InChI is InChI=1S/C33H31F7O2/c1-2-3-4-5-14-41-24-18-27(34)26(28(35)19-24)13-8-20-7-12-25-23(15-20)11-10-22(31(25)38)9-6-21-16-29(36)32(30(37)17-21)42-33(39)40/h7,10-12,15-19,33H,2-6,8-9,13-14H2,1H3. The Kier molecular flexibility index (Phi) is 10.7. The zero-order valence-electron chi connectivity index (χ0n) is 23.1. The highest BCUT2D eigenvalue weighted by Gasteiger charge is 2.18. The molecule has 0 spiro atoms. The summed E-state index contributed by atoms with van der Waals surface area (Å²) in [5, 5.41) is 0.916. The van der Waals surface area contributed by atoms with E-state index in [1.165, 1.54) is 12.1 Å². The molecule has 0 aliphatic heterocycles. The molecule has 0 fully saturated rings. The lowest BCUT2D eigenvalue weighted by atomic mass is 9.97. The molecule has 0 radical (unpaired) electrons. The Hall–Kier alpha value is -3.75. The molecule has 42 heavy (non-hydrogen) atoms. The largest absolute Gasteiger partial charge is 0.493 e. The van der Waals surface area contributed by atoms with E-state index in [1.54, 1.807) is 30.3 Å². The summed E-state index contributed by atoms with van der Waals surface area (Å²) < 4.78 is 107. The van der Waals surface area contributed by atoms with E-state index in [9.17, 15) is 26.3 Å². The van der Waals surface area contributed by atoms with Gasteiger partial charge in [0.2, 0.25) is 0 Å². The maximum atomic E-state index is 15.3. The van der Waals surface area contributed by atoms with Gasteiger partial charge in [-0.3, -0.25) is 0 Å². The molecule has 4 aromatic carbocycles. The molecule has 0 saturated carbocycles. The van der Waals surface area contributed by atoms with Crippen molar-refractivity contribution >= 4 is 10.8 Å². The molecule has 0 aliphatic carbocycles. The van der Waals surface area contributed by atoms with Gasteiger partial charge in [0.25, 0.3) is 0 Å². The molecule has 0 heterocycles. The van der Waals surface area contributed by atoms with Gasteiger partial charge < -0.3 is 9.47 Å². The van der Waals surface area contributed by atoms with E-state index in [1.807, 2.05) is 0 Å². The van der Waals surface area contributed by atoms with Crippen molar-refractivity contribution in [2.75, 3.05) is 6.61 Å². The fourth-order valence-corrected chi connectivity index (χ4v) is 4.86. The molecule has 4 rings (SSSR count). The summed E-state index contributed by atoms with van der Waals surface area (Å²) in [5.41, 5.74) is 1.19. The van der Waals surface area contributed by atoms with Crippen LogP contribution < -0.4 is 9.47 Å². The maximum Gasteiger partial charge on any atom is 0.387 e. The van der Waals surface area contributed by atoms with Crippen LogP contribution in [0.25, 0.3) is 10.8 Å². The molecule has 0 saturated heterocycles. The molecule has 0 bridgehead atoms. The summed E-state index contributed by atoms with van der Waals surface area (Å²) in [6.45, 7) is -0.875. The third kappa shape index (κ3) is 7.95. The van der Waals surface area contributed by atoms with Crippen LogP contribution in [0.4, 0.5) is 30.7 Å². The lowest BCUT2D eigenvalue weighted by Gasteiger charge is -2.12. The zero-order chi connectivity index (χ0) is 30.2. The van der Waals surface area contributed by atoms with Crippen molar-refractivity contribution in [3.05, 3.63) is 106 Å². The third-order valence-corrected chi connectivity index (χ3v) is 7.09. The first-order valence-electron chi connectivity index (χ1n) is 13.9. The maximum absolute atomic E-state index is 15.3. The normalized spacial score (nSPS) is 11.5. The Labute approximate surface area is 240 Å². The highest BCUT2D eigenvalue weighted by molar-refractivity contribution is 5.84. The number of ether oxygens (including phenoxy) is 2. The van der Waals surface area contributed by atoms with E-state index in [-0.39, 0.29) is 36.1 Å². The van der Waals surface area contributed by atoms with Gasteiger partial charge in [-0.2, -0.15) is 8.78 Å². The number of alkyl halides is 2. The molecule has 0 N–H and O–H groups in total. The van der Waals surface area contributed by atoms with Crippen molar-refractivity contribution in [1.29, 1.82) is 0 Å². The molecule has 2 nitrogen and oxygen atoms in total. The summed E-state index contributed by atoms with van der Waals surface area (Å²) >= 11 is 0. The Morgan fingerprint density at radius 2 is 1.36 bits per heavy atom. The van der Waals surface area contributed by atoms with E-state index in [2.05, 4.69) is 11.7 Å². The molecule has 0 aliphatic rings. The van der Waals surface area contributed by atoms with Crippen molar-refractivity contribution in [1.82, 2.24) is 0 Å². The van der Waals surface area contributed by atoms with Gasteiger partial charge in [-0.15, -0.1) is 0 Å². The quantitative estimate of drug-likeness (QED) is 0.107. The average Bonchev–Trinajstić information content (AvgIpc) is 2.94. The second kappa shape index (κ2) is 14.4. The molecule has 0 aromatic heterocycles. The van der Waals surface area contributed by atoms with Crippen LogP contribution in [0.2, 0.25) is 0 Å². The molecule has 224 valence electrons. The SMILES string of the molecule is CCCCCCOc1cc(F)c(CCc2ccc3c(F)c(CCc4cc(F)c(OC(F)F)c(F)c4)ccc3c2)c(F)c1. The second-order valence-corrected chi connectivity index (χ2v) is 10.1. The van der Waals surface area contributed by atoms with Crippen LogP contribution in [0, 0.1) is 29.1 Å². The van der Waals surface area contributed by atoms with Crippen molar-refractivity contribution in [3.63, 3.8) is 0 Å². The van der Waals surface area contributed by atoms with Gasteiger partial charge in [0, 0.05) is 23.1 Å². The summed E-state index contributed by atoms with van der Waals surface area (Å²) in [7, 11) is 0. The van der Waals surface area contributed by atoms with Crippen LogP contribution in [0.5, 0.6) is 11.5 Å². The Bertz CT molecular complexity index is 1470. The fraction of sp³-hybridized carbons (Fsp3) is 0.333. The van der Waals surface area contributed by atoms with E-state index < -0.39 is 41.4 Å². The van der Waals surface area contributed by atoms with Crippen molar-refractivity contribution in [3.8, 4) is 11.5 Å². The van der Waals surface area contributed by atoms with Gasteiger partial charge >= 0.3 is 6.61 Å². The van der Waals surface area contributed by atoms with Crippen LogP contribution in [-0.4, -0.2) is 13.2 Å². The summed E-state index contributed by atoms with van der Waals surface area (Å²) in [5.74, 6) is -5.38. The average molecular weight is 593 g/mol. The lowest BCUT2D eigenvalue weighted by molar-refractivity contribution is -0.0546. The first kappa shape index (κ1) is 31.2. The zero-order valence-corrected chi connectivity index (χ0v) is 23.1. The number of halogens is 7.